The molecule has 13 heteroatoms. The molecule has 1 unspecified atom stereocenters. The van der Waals surface area contributed by atoms with Gasteiger partial charge in [-0.05, 0) is 65.8 Å². The summed E-state index contributed by atoms with van der Waals surface area (Å²) in [6.45, 7) is 11.6. The minimum Gasteiger partial charge on any atom is -0.490 e. The van der Waals surface area contributed by atoms with Crippen LogP contribution < -0.4 is 15.0 Å². The highest BCUT2D eigenvalue weighted by Crippen LogP contribution is 2.40. The maximum absolute atomic E-state index is 13.7. The number of nitrogens with one attached hydrogen (secondary N) is 1. The first-order valence-corrected chi connectivity index (χ1v) is 19.6. The summed E-state index contributed by atoms with van der Waals surface area (Å²) >= 11 is 1.43. The van der Waals surface area contributed by atoms with Crippen LogP contribution in [-0.4, -0.2) is 75.8 Å². The molecule has 2 N–H and O–H groups in total. The second-order valence-electron chi connectivity index (χ2n) is 15.2. The fourth-order valence-corrected chi connectivity index (χ4v) is 8.26. The summed E-state index contributed by atoms with van der Waals surface area (Å²) in [5.41, 5.74) is 6.70. The van der Waals surface area contributed by atoms with Crippen LogP contribution in [0.1, 0.15) is 69.6 Å². The summed E-state index contributed by atoms with van der Waals surface area (Å²) < 4.78 is 20.3. The minimum atomic E-state index is -1.12. The first kappa shape index (κ1) is 37.3. The van der Waals surface area contributed by atoms with Gasteiger partial charge in [-0.1, -0.05) is 74.6 Å². The third kappa shape index (κ3) is 7.62. The number of anilines is 2. The van der Waals surface area contributed by atoms with Gasteiger partial charge in [0, 0.05) is 41.0 Å². The van der Waals surface area contributed by atoms with Crippen molar-refractivity contribution in [3.8, 4) is 16.9 Å². The number of aromatic carboxylic acids is 1. The lowest BCUT2D eigenvalue weighted by Gasteiger charge is -2.33. The summed E-state index contributed by atoms with van der Waals surface area (Å²) in [6, 6.07) is 23.4. The van der Waals surface area contributed by atoms with Crippen LogP contribution in [0.25, 0.3) is 21.3 Å². The maximum atomic E-state index is 13.7. The number of carbonyl (C=O) groups excluding carboxylic acids is 1. The highest BCUT2D eigenvalue weighted by atomic mass is 32.1. The van der Waals surface area contributed by atoms with Gasteiger partial charge in [-0.2, -0.15) is 5.10 Å². The van der Waals surface area contributed by atoms with Crippen LogP contribution in [0.5, 0.6) is 5.75 Å². The van der Waals surface area contributed by atoms with Gasteiger partial charge < -0.3 is 24.2 Å². The van der Waals surface area contributed by atoms with E-state index in [2.05, 4.69) is 36.0 Å². The van der Waals surface area contributed by atoms with E-state index in [-0.39, 0.29) is 17.7 Å². The Morgan fingerprint density at radius 3 is 2.64 bits per heavy atom. The summed E-state index contributed by atoms with van der Waals surface area (Å²) in [4.78, 5) is 38.4. The van der Waals surface area contributed by atoms with E-state index < -0.39 is 11.4 Å². The van der Waals surface area contributed by atoms with Crippen LogP contribution in [0.2, 0.25) is 0 Å². The molecule has 0 bridgehead atoms. The van der Waals surface area contributed by atoms with E-state index in [1.807, 2.05) is 84.4 Å². The zero-order chi connectivity index (χ0) is 39.0. The fourth-order valence-electron chi connectivity index (χ4n) is 7.40. The predicted molar refractivity (Wildman–Crippen MR) is 216 cm³/mol. The van der Waals surface area contributed by atoms with E-state index in [0.717, 1.165) is 43.9 Å². The average molecular weight is 773 g/mol. The minimum absolute atomic E-state index is 0.0406. The van der Waals surface area contributed by atoms with Gasteiger partial charge in [0.25, 0.3) is 5.91 Å². The molecule has 3 aromatic carbocycles. The number of benzene rings is 3. The van der Waals surface area contributed by atoms with Crippen molar-refractivity contribution in [3.05, 3.63) is 118 Å². The van der Waals surface area contributed by atoms with Crippen LogP contribution in [0.3, 0.4) is 0 Å². The standard InChI is InChI=1S/C43H44N6O6S/c1-26-31(21-44-49(26)22-28-10-5-7-14-35(28)55-25-29-24-53-18-19-54-29)38-33(43(2,3)4)20-37(46-39(38)41(51)52)48-17-16-27-11-9-12-30(32(27)23-48)40(50)47-42-45-34-13-6-8-15-36(34)56-42/h5-15,20-21,29H,16-19,22-25H2,1-4H3,(H,51,52)(H,45,47,50). The van der Waals surface area contributed by atoms with Crippen molar-refractivity contribution in [1.29, 1.82) is 0 Å². The predicted octanol–water partition coefficient (Wildman–Crippen LogP) is 7.52. The van der Waals surface area contributed by atoms with Crippen LogP contribution in [0.4, 0.5) is 10.9 Å². The largest absolute Gasteiger partial charge is 0.490 e. The number of rotatable bonds is 10. The van der Waals surface area contributed by atoms with Crippen LogP contribution in [0.15, 0.2) is 79.0 Å². The molecule has 1 fully saturated rings. The molecule has 12 nitrogen and oxygen atoms in total. The Morgan fingerprint density at radius 2 is 1.86 bits per heavy atom. The van der Waals surface area contributed by atoms with Crippen molar-refractivity contribution in [2.24, 2.45) is 0 Å². The first-order chi connectivity index (χ1) is 27.0. The maximum Gasteiger partial charge on any atom is 0.355 e. The molecule has 1 atom stereocenters. The molecule has 1 saturated heterocycles. The monoisotopic (exact) mass is 772 g/mol. The molecule has 0 aliphatic carbocycles. The Bertz CT molecular complexity index is 2390. The number of para-hydroxylation sites is 2. The van der Waals surface area contributed by atoms with Gasteiger partial charge in [0.2, 0.25) is 0 Å². The molecule has 288 valence electrons. The zero-order valence-electron chi connectivity index (χ0n) is 31.9. The number of hydrogen-bond donors (Lipinski definition) is 2. The molecular formula is C43H44N6O6S. The number of pyridine rings is 1. The van der Waals surface area contributed by atoms with E-state index in [1.165, 1.54) is 11.3 Å². The molecular weight excluding hydrogens is 729 g/mol. The first-order valence-electron chi connectivity index (χ1n) is 18.8. The van der Waals surface area contributed by atoms with Gasteiger partial charge in [-0.25, -0.2) is 14.8 Å². The number of ether oxygens (including phenoxy) is 3. The third-order valence-electron chi connectivity index (χ3n) is 10.3. The molecule has 1 amide bonds. The van der Waals surface area contributed by atoms with Gasteiger partial charge in [-0.3, -0.25) is 14.8 Å². The van der Waals surface area contributed by atoms with Gasteiger partial charge >= 0.3 is 5.97 Å². The average Bonchev–Trinajstić information content (AvgIpc) is 3.78. The lowest BCUT2D eigenvalue weighted by Crippen LogP contribution is -2.33. The summed E-state index contributed by atoms with van der Waals surface area (Å²) in [6.07, 6.45) is 2.28. The highest BCUT2D eigenvalue weighted by molar-refractivity contribution is 7.22. The Balaban J connectivity index is 1.09. The molecule has 0 saturated carbocycles. The van der Waals surface area contributed by atoms with Gasteiger partial charge in [0.1, 0.15) is 24.3 Å². The smallest absolute Gasteiger partial charge is 0.355 e. The molecule has 0 spiro atoms. The van der Waals surface area contributed by atoms with E-state index in [4.69, 9.17) is 24.3 Å². The lowest BCUT2D eigenvalue weighted by molar-refractivity contribution is -0.101. The van der Waals surface area contributed by atoms with Crippen LogP contribution >= 0.6 is 11.3 Å². The number of hydrogen-bond acceptors (Lipinski definition) is 10. The van der Waals surface area contributed by atoms with E-state index in [0.29, 0.717) is 80.1 Å². The zero-order valence-corrected chi connectivity index (χ0v) is 32.7. The number of nitrogens with zero attached hydrogens (tertiary/aromatic N) is 5. The molecule has 5 heterocycles. The SMILES string of the molecule is Cc1c(-c2c(C(C)(C)C)cc(N3CCc4cccc(C(=O)Nc5nc6ccccc6s5)c4C3)nc2C(=O)O)cnn1Cc1ccccc1OCC1COCCO1. The van der Waals surface area contributed by atoms with Crippen molar-refractivity contribution < 1.29 is 28.9 Å². The fraction of sp³-hybridized carbons (Fsp3) is 0.326. The number of fused-ring (bicyclic) bond motifs is 2. The van der Waals surface area contributed by atoms with E-state index in [1.54, 1.807) is 6.20 Å². The number of carboxylic acid groups (broad SMARTS) is 1. The van der Waals surface area contributed by atoms with E-state index in [9.17, 15) is 14.7 Å². The summed E-state index contributed by atoms with van der Waals surface area (Å²) in [5.74, 6) is -0.0829. The van der Waals surface area contributed by atoms with Crippen LogP contribution in [-0.2, 0) is 34.4 Å². The molecule has 0 radical (unpaired) electrons. The number of carboxylic acids is 1. The van der Waals surface area contributed by atoms with Gasteiger partial charge in [0.05, 0.1) is 42.8 Å². The molecule has 56 heavy (non-hydrogen) atoms. The van der Waals surface area contributed by atoms with Crippen molar-refractivity contribution in [1.82, 2.24) is 19.7 Å². The van der Waals surface area contributed by atoms with Gasteiger partial charge in [-0.15, -0.1) is 0 Å². The van der Waals surface area contributed by atoms with Crippen molar-refractivity contribution in [2.75, 3.05) is 43.2 Å². The molecule has 8 rings (SSSR count). The Labute approximate surface area is 329 Å². The Morgan fingerprint density at radius 1 is 1.04 bits per heavy atom. The number of amides is 1. The van der Waals surface area contributed by atoms with Crippen molar-refractivity contribution in [2.45, 2.75) is 58.7 Å². The second kappa shape index (κ2) is 15.5. The molecule has 3 aromatic heterocycles. The van der Waals surface area contributed by atoms with Crippen LogP contribution in [0, 0.1) is 6.92 Å². The molecule has 2 aliphatic heterocycles. The Kier molecular flexibility index (Phi) is 10.3. The third-order valence-corrected chi connectivity index (χ3v) is 11.3. The number of aromatic nitrogens is 4. The number of carbonyl (C=O) groups is 2. The lowest BCUT2D eigenvalue weighted by atomic mass is 9.81. The van der Waals surface area contributed by atoms with Gasteiger partial charge in [0.15, 0.2) is 10.8 Å². The molecule has 2 aliphatic rings. The summed E-state index contributed by atoms with van der Waals surface area (Å²) in [5, 5.41) is 19.0. The quantitative estimate of drug-likeness (QED) is 0.144. The normalized spacial score (nSPS) is 15.8. The Hall–Kier alpha value is -5.63. The van der Waals surface area contributed by atoms with E-state index >= 15 is 0 Å². The van der Waals surface area contributed by atoms with Crippen molar-refractivity contribution >= 4 is 44.4 Å². The molecule has 6 aromatic rings. The number of thiazole rings is 1. The summed E-state index contributed by atoms with van der Waals surface area (Å²) in [7, 11) is 0. The van der Waals surface area contributed by atoms with Crippen molar-refractivity contribution in [3.63, 3.8) is 0 Å². The topological polar surface area (TPSA) is 141 Å². The second-order valence-corrected chi connectivity index (χ2v) is 16.2. The highest BCUT2D eigenvalue weighted by Gasteiger charge is 2.31.